The molecular weight excluding hydrogens is 322 g/mol. The van der Waals surface area contributed by atoms with E-state index in [9.17, 15) is 0 Å². The molecule has 0 spiro atoms. The highest BCUT2D eigenvalue weighted by Gasteiger charge is 2.09. The highest BCUT2D eigenvalue weighted by molar-refractivity contribution is 9.10. The Labute approximate surface area is 126 Å². The SMILES string of the molecule is CCNc1nc(Nc2cccc(C)c2Br)nc(OC)n1. The maximum absolute atomic E-state index is 5.08. The van der Waals surface area contributed by atoms with Crippen LogP contribution in [0.5, 0.6) is 6.01 Å². The van der Waals surface area contributed by atoms with E-state index in [1.165, 1.54) is 7.11 Å². The van der Waals surface area contributed by atoms with E-state index >= 15 is 0 Å². The van der Waals surface area contributed by atoms with Crippen LogP contribution in [0.15, 0.2) is 22.7 Å². The second kappa shape index (κ2) is 6.51. The standard InChI is InChI=1S/C13H16BrN5O/c1-4-15-11-17-12(19-13(18-11)20-3)16-9-7-5-6-8(2)10(9)14/h5-7H,4H2,1-3H3,(H2,15,16,17,18,19). The molecule has 1 aromatic carbocycles. The molecule has 2 aromatic rings. The predicted octanol–water partition coefficient (Wildman–Crippen LogP) is 3.13. The Morgan fingerprint density at radius 2 is 1.95 bits per heavy atom. The number of hydrogen-bond donors (Lipinski definition) is 2. The van der Waals surface area contributed by atoms with Gasteiger partial charge in [0.1, 0.15) is 0 Å². The predicted molar refractivity (Wildman–Crippen MR) is 82.7 cm³/mol. The summed E-state index contributed by atoms with van der Waals surface area (Å²) in [4.78, 5) is 12.6. The second-order valence-corrected chi connectivity index (χ2v) is 4.85. The zero-order valence-corrected chi connectivity index (χ0v) is 13.2. The molecule has 0 amide bonds. The van der Waals surface area contributed by atoms with E-state index in [-0.39, 0.29) is 6.01 Å². The molecule has 0 aliphatic carbocycles. The highest BCUT2D eigenvalue weighted by atomic mass is 79.9. The van der Waals surface area contributed by atoms with E-state index in [4.69, 9.17) is 4.74 Å². The summed E-state index contributed by atoms with van der Waals surface area (Å²) in [6.07, 6.45) is 0. The van der Waals surface area contributed by atoms with Gasteiger partial charge in [0.25, 0.3) is 0 Å². The zero-order valence-electron chi connectivity index (χ0n) is 11.6. The fourth-order valence-electron chi connectivity index (χ4n) is 1.61. The van der Waals surface area contributed by atoms with E-state index in [0.29, 0.717) is 11.9 Å². The third kappa shape index (κ3) is 3.36. The first-order valence-electron chi connectivity index (χ1n) is 6.20. The lowest BCUT2D eigenvalue weighted by Crippen LogP contribution is -2.08. The Bertz CT molecular complexity index is 605. The Morgan fingerprint density at radius 3 is 2.65 bits per heavy atom. The van der Waals surface area contributed by atoms with Gasteiger partial charge in [-0.3, -0.25) is 0 Å². The van der Waals surface area contributed by atoms with E-state index in [0.717, 1.165) is 22.3 Å². The Morgan fingerprint density at radius 1 is 1.20 bits per heavy atom. The molecule has 0 saturated heterocycles. The fraction of sp³-hybridized carbons (Fsp3) is 0.308. The number of aryl methyl sites for hydroxylation is 1. The number of hydrogen-bond acceptors (Lipinski definition) is 6. The van der Waals surface area contributed by atoms with Crippen LogP contribution in [0.25, 0.3) is 0 Å². The van der Waals surface area contributed by atoms with Crippen LogP contribution < -0.4 is 15.4 Å². The molecule has 0 aliphatic heterocycles. The van der Waals surface area contributed by atoms with Crippen LogP contribution in [0.4, 0.5) is 17.6 Å². The molecule has 7 heteroatoms. The minimum Gasteiger partial charge on any atom is -0.467 e. The first-order valence-corrected chi connectivity index (χ1v) is 6.99. The molecule has 1 aromatic heterocycles. The van der Waals surface area contributed by atoms with Crippen molar-refractivity contribution in [1.82, 2.24) is 15.0 Å². The number of nitrogens with zero attached hydrogens (tertiary/aromatic N) is 3. The van der Waals surface area contributed by atoms with E-state index in [2.05, 4.69) is 41.5 Å². The quantitative estimate of drug-likeness (QED) is 0.873. The number of halogens is 1. The van der Waals surface area contributed by atoms with Crippen molar-refractivity contribution in [2.75, 3.05) is 24.3 Å². The van der Waals surface area contributed by atoms with Crippen molar-refractivity contribution < 1.29 is 4.74 Å². The van der Waals surface area contributed by atoms with E-state index in [1.54, 1.807) is 0 Å². The summed E-state index contributed by atoms with van der Waals surface area (Å²) < 4.78 is 6.06. The molecule has 0 unspecified atom stereocenters. The van der Waals surface area contributed by atoms with Gasteiger partial charge in [-0.15, -0.1) is 0 Å². The molecule has 2 N–H and O–H groups in total. The monoisotopic (exact) mass is 337 g/mol. The highest BCUT2D eigenvalue weighted by Crippen LogP contribution is 2.28. The lowest BCUT2D eigenvalue weighted by atomic mass is 10.2. The van der Waals surface area contributed by atoms with E-state index < -0.39 is 0 Å². The van der Waals surface area contributed by atoms with Crippen LogP contribution in [0.1, 0.15) is 12.5 Å². The third-order valence-corrected chi connectivity index (χ3v) is 3.62. The van der Waals surface area contributed by atoms with Crippen molar-refractivity contribution in [2.45, 2.75) is 13.8 Å². The minimum atomic E-state index is 0.266. The first-order chi connectivity index (χ1) is 9.63. The molecule has 1 heterocycles. The summed E-state index contributed by atoms with van der Waals surface area (Å²) in [7, 11) is 1.53. The molecule has 0 saturated carbocycles. The normalized spacial score (nSPS) is 10.2. The summed E-state index contributed by atoms with van der Waals surface area (Å²) >= 11 is 3.54. The van der Waals surface area contributed by atoms with Crippen molar-refractivity contribution in [3.63, 3.8) is 0 Å². The molecule has 20 heavy (non-hydrogen) atoms. The number of methoxy groups -OCH3 is 1. The summed E-state index contributed by atoms with van der Waals surface area (Å²) in [6.45, 7) is 4.72. The van der Waals surface area contributed by atoms with Crippen molar-refractivity contribution in [3.05, 3.63) is 28.2 Å². The molecule has 106 valence electrons. The fourth-order valence-corrected chi connectivity index (χ4v) is 1.97. The number of rotatable bonds is 5. The van der Waals surface area contributed by atoms with Crippen molar-refractivity contribution in [3.8, 4) is 6.01 Å². The average molecular weight is 338 g/mol. The zero-order chi connectivity index (χ0) is 14.5. The van der Waals surface area contributed by atoms with Crippen LogP contribution in [0, 0.1) is 6.92 Å². The van der Waals surface area contributed by atoms with Crippen LogP contribution in [0.3, 0.4) is 0 Å². The van der Waals surface area contributed by atoms with Gasteiger partial charge in [-0.05, 0) is 41.4 Å². The van der Waals surface area contributed by atoms with Gasteiger partial charge in [0, 0.05) is 11.0 Å². The van der Waals surface area contributed by atoms with Gasteiger partial charge in [0.05, 0.1) is 12.8 Å². The molecule has 0 atom stereocenters. The Kier molecular flexibility index (Phi) is 4.73. The van der Waals surface area contributed by atoms with Crippen LogP contribution in [-0.2, 0) is 0 Å². The summed E-state index contributed by atoms with van der Waals surface area (Å²) in [5, 5.41) is 6.20. The first kappa shape index (κ1) is 14.5. The number of nitrogens with one attached hydrogen (secondary N) is 2. The lowest BCUT2D eigenvalue weighted by Gasteiger charge is -2.10. The smallest absolute Gasteiger partial charge is 0.322 e. The average Bonchev–Trinajstić information content (AvgIpc) is 2.44. The molecule has 0 radical (unpaired) electrons. The number of ether oxygens (including phenoxy) is 1. The maximum atomic E-state index is 5.08. The number of anilines is 3. The minimum absolute atomic E-state index is 0.266. The van der Waals surface area contributed by atoms with Gasteiger partial charge >= 0.3 is 6.01 Å². The molecule has 0 fully saturated rings. The molecule has 6 nitrogen and oxygen atoms in total. The van der Waals surface area contributed by atoms with Crippen molar-refractivity contribution in [1.29, 1.82) is 0 Å². The molecule has 2 rings (SSSR count). The van der Waals surface area contributed by atoms with Gasteiger partial charge in [-0.1, -0.05) is 12.1 Å². The molecule has 0 aliphatic rings. The number of aromatic nitrogens is 3. The molecular formula is C13H16BrN5O. The van der Waals surface area contributed by atoms with Crippen molar-refractivity contribution >= 4 is 33.5 Å². The lowest BCUT2D eigenvalue weighted by molar-refractivity contribution is 0.379. The second-order valence-electron chi connectivity index (χ2n) is 4.06. The summed E-state index contributed by atoms with van der Waals surface area (Å²) in [5.74, 6) is 0.907. The van der Waals surface area contributed by atoms with Gasteiger partial charge in [-0.2, -0.15) is 15.0 Å². The van der Waals surface area contributed by atoms with Gasteiger partial charge in [0.15, 0.2) is 0 Å². The Balaban J connectivity index is 2.32. The van der Waals surface area contributed by atoms with Crippen LogP contribution in [0.2, 0.25) is 0 Å². The number of benzene rings is 1. The van der Waals surface area contributed by atoms with Crippen molar-refractivity contribution in [2.24, 2.45) is 0 Å². The molecule has 0 bridgehead atoms. The third-order valence-electron chi connectivity index (χ3n) is 2.57. The topological polar surface area (TPSA) is 72.0 Å². The van der Waals surface area contributed by atoms with Gasteiger partial charge in [-0.25, -0.2) is 0 Å². The van der Waals surface area contributed by atoms with E-state index in [1.807, 2.05) is 32.0 Å². The van der Waals surface area contributed by atoms with Crippen LogP contribution in [-0.4, -0.2) is 28.6 Å². The maximum Gasteiger partial charge on any atom is 0.322 e. The Hall–Kier alpha value is -1.89. The summed E-state index contributed by atoms with van der Waals surface area (Å²) in [5.41, 5.74) is 2.02. The van der Waals surface area contributed by atoms with Gasteiger partial charge in [0.2, 0.25) is 11.9 Å². The van der Waals surface area contributed by atoms with Gasteiger partial charge < -0.3 is 15.4 Å². The largest absolute Gasteiger partial charge is 0.467 e. The summed E-state index contributed by atoms with van der Waals surface area (Å²) in [6, 6.07) is 6.20. The van der Waals surface area contributed by atoms with Crippen LogP contribution >= 0.6 is 15.9 Å².